The minimum Gasteiger partial charge on any atom is -0.382 e. The lowest BCUT2D eigenvalue weighted by atomic mass is 10.4. The Balaban J connectivity index is 0.00000137. The summed E-state index contributed by atoms with van der Waals surface area (Å²) in [6.45, 7) is 6.11. The van der Waals surface area contributed by atoms with Gasteiger partial charge in [-0.15, -0.1) is 0 Å². The van der Waals surface area contributed by atoms with Crippen LogP contribution in [0, 0.1) is 5.41 Å². The Labute approximate surface area is 113 Å². The van der Waals surface area contributed by atoms with Crippen LogP contribution < -0.4 is 5.73 Å². The summed E-state index contributed by atoms with van der Waals surface area (Å²) in [6, 6.07) is 0. The van der Waals surface area contributed by atoms with Crippen molar-refractivity contribution in [1.29, 1.82) is 5.41 Å². The highest BCUT2D eigenvalue weighted by Gasteiger charge is 2.01. The number of unbranched alkanes of at least 4 members (excludes halogenated alkanes) is 1. The minimum absolute atomic E-state index is 0.219. The molecular formula is C12H21N5S. The van der Waals surface area contributed by atoms with Gasteiger partial charge in [-0.05, 0) is 6.42 Å². The van der Waals surface area contributed by atoms with E-state index in [1.807, 2.05) is 13.8 Å². The molecular weight excluding hydrogens is 246 g/mol. The number of hydrogen-bond donors (Lipinski definition) is 2. The van der Waals surface area contributed by atoms with Crippen LogP contribution in [0.15, 0.2) is 23.6 Å². The second-order valence-electron chi connectivity index (χ2n) is 3.09. The highest BCUT2D eigenvalue weighted by molar-refractivity contribution is 8.13. The van der Waals surface area contributed by atoms with Crippen molar-refractivity contribution < 1.29 is 0 Å². The number of rotatable bonds is 4. The van der Waals surface area contributed by atoms with Crippen LogP contribution in [0.25, 0.3) is 0 Å². The summed E-state index contributed by atoms with van der Waals surface area (Å²) in [4.78, 5) is 11.8. The minimum atomic E-state index is 0.219. The average molecular weight is 267 g/mol. The van der Waals surface area contributed by atoms with E-state index in [-0.39, 0.29) is 11.0 Å². The summed E-state index contributed by atoms with van der Waals surface area (Å²) >= 11 is 1.39. The van der Waals surface area contributed by atoms with Crippen LogP contribution >= 0.6 is 11.8 Å². The predicted molar refractivity (Wildman–Crippen MR) is 79.2 cm³/mol. The van der Waals surface area contributed by atoms with Crippen LogP contribution in [0.3, 0.4) is 0 Å². The van der Waals surface area contributed by atoms with E-state index in [2.05, 4.69) is 21.9 Å². The average Bonchev–Trinajstić information content (AvgIpc) is 2.42. The summed E-state index contributed by atoms with van der Waals surface area (Å²) < 4.78 is 0. The third-order valence-electron chi connectivity index (χ3n) is 1.78. The zero-order valence-electron chi connectivity index (χ0n) is 11.2. The molecule has 3 N–H and O–H groups in total. The zero-order chi connectivity index (χ0) is 13.8. The first-order chi connectivity index (χ1) is 8.74. The molecule has 0 unspecified atom stereocenters. The third-order valence-corrected chi connectivity index (χ3v) is 2.64. The SMILES string of the molecule is CC.CCCCSC(=N)/N=C(\N)c1cnccn1. The summed E-state index contributed by atoms with van der Waals surface area (Å²) in [5, 5.41) is 7.81. The lowest BCUT2D eigenvalue weighted by molar-refractivity contribution is 0.898. The molecule has 1 rings (SSSR count). The van der Waals surface area contributed by atoms with Gasteiger partial charge in [0.15, 0.2) is 11.0 Å². The van der Waals surface area contributed by atoms with Gasteiger partial charge in [-0.25, -0.2) is 9.98 Å². The van der Waals surface area contributed by atoms with Crippen LogP contribution in [0.2, 0.25) is 0 Å². The first-order valence-electron chi connectivity index (χ1n) is 6.06. The van der Waals surface area contributed by atoms with E-state index in [9.17, 15) is 0 Å². The van der Waals surface area contributed by atoms with E-state index in [1.54, 1.807) is 12.4 Å². The molecule has 0 saturated heterocycles. The number of nitrogens with zero attached hydrogens (tertiary/aromatic N) is 3. The Bertz CT molecular complexity index is 364. The molecule has 0 fully saturated rings. The Kier molecular flexibility index (Phi) is 9.86. The standard InChI is InChI=1S/C10H15N5S.C2H6/c1-2-3-6-16-10(12)15-9(11)8-7-13-4-5-14-8;1-2/h4-5,7H,2-3,6H2,1H3,(H3,11,12,15);1-2H3. The van der Waals surface area contributed by atoms with Crippen molar-refractivity contribution in [2.75, 3.05) is 5.75 Å². The molecule has 0 spiro atoms. The molecule has 18 heavy (non-hydrogen) atoms. The van der Waals surface area contributed by atoms with Crippen molar-refractivity contribution in [2.24, 2.45) is 10.7 Å². The van der Waals surface area contributed by atoms with Gasteiger partial charge in [0.1, 0.15) is 5.69 Å². The second-order valence-corrected chi connectivity index (χ2v) is 4.18. The lowest BCUT2D eigenvalue weighted by Gasteiger charge is -2.00. The van der Waals surface area contributed by atoms with Gasteiger partial charge in [-0.3, -0.25) is 10.4 Å². The Morgan fingerprint density at radius 2 is 2.17 bits per heavy atom. The molecule has 0 radical (unpaired) electrons. The van der Waals surface area contributed by atoms with Gasteiger partial charge in [-0.1, -0.05) is 39.0 Å². The van der Waals surface area contributed by atoms with Crippen LogP contribution in [0.1, 0.15) is 39.3 Å². The fraction of sp³-hybridized carbons (Fsp3) is 0.500. The molecule has 1 aromatic rings. The summed E-state index contributed by atoms with van der Waals surface area (Å²) in [5.41, 5.74) is 6.20. The number of nitrogens with one attached hydrogen (secondary N) is 1. The van der Waals surface area contributed by atoms with Gasteiger partial charge in [0.25, 0.3) is 0 Å². The van der Waals surface area contributed by atoms with E-state index < -0.39 is 0 Å². The predicted octanol–water partition coefficient (Wildman–Crippen LogP) is 2.68. The molecule has 6 heteroatoms. The molecule has 1 heterocycles. The van der Waals surface area contributed by atoms with Crippen molar-refractivity contribution in [3.8, 4) is 0 Å². The van der Waals surface area contributed by atoms with Crippen molar-refractivity contribution in [3.05, 3.63) is 24.3 Å². The van der Waals surface area contributed by atoms with Gasteiger partial charge < -0.3 is 5.73 Å². The largest absolute Gasteiger partial charge is 0.382 e. The topological polar surface area (TPSA) is 88.0 Å². The van der Waals surface area contributed by atoms with Crippen LogP contribution in [0.5, 0.6) is 0 Å². The highest BCUT2D eigenvalue weighted by Crippen LogP contribution is 2.07. The van der Waals surface area contributed by atoms with Gasteiger partial charge in [0.05, 0.1) is 6.20 Å². The molecule has 0 aliphatic rings. The molecule has 0 saturated carbocycles. The van der Waals surface area contributed by atoms with Crippen molar-refractivity contribution in [2.45, 2.75) is 33.6 Å². The Morgan fingerprint density at radius 1 is 1.44 bits per heavy atom. The van der Waals surface area contributed by atoms with Gasteiger partial charge in [0.2, 0.25) is 0 Å². The van der Waals surface area contributed by atoms with Crippen molar-refractivity contribution in [3.63, 3.8) is 0 Å². The normalized spacial score (nSPS) is 10.5. The zero-order valence-corrected chi connectivity index (χ0v) is 12.0. The number of aliphatic imine (C=N–C) groups is 1. The number of amidine groups is 2. The maximum Gasteiger partial charge on any atom is 0.182 e. The van der Waals surface area contributed by atoms with Crippen molar-refractivity contribution in [1.82, 2.24) is 9.97 Å². The monoisotopic (exact) mass is 267 g/mol. The lowest BCUT2D eigenvalue weighted by Crippen LogP contribution is -2.16. The van der Waals surface area contributed by atoms with Crippen molar-refractivity contribution >= 4 is 22.8 Å². The fourth-order valence-electron chi connectivity index (χ4n) is 0.943. The van der Waals surface area contributed by atoms with Gasteiger partial charge >= 0.3 is 0 Å². The number of thioether (sulfide) groups is 1. The number of aromatic nitrogens is 2. The second kappa shape index (κ2) is 10.7. The van der Waals surface area contributed by atoms with E-state index in [0.717, 1.165) is 18.6 Å². The van der Waals surface area contributed by atoms with Gasteiger partial charge in [0, 0.05) is 18.1 Å². The molecule has 0 aliphatic carbocycles. The third kappa shape index (κ3) is 7.01. The first-order valence-corrected chi connectivity index (χ1v) is 7.04. The molecule has 0 amide bonds. The van der Waals surface area contributed by atoms with E-state index in [4.69, 9.17) is 11.1 Å². The maximum atomic E-state index is 7.59. The summed E-state index contributed by atoms with van der Waals surface area (Å²) in [7, 11) is 0. The van der Waals surface area contributed by atoms with E-state index in [1.165, 1.54) is 18.0 Å². The maximum absolute atomic E-state index is 7.59. The smallest absolute Gasteiger partial charge is 0.182 e. The van der Waals surface area contributed by atoms with E-state index in [0.29, 0.717) is 5.69 Å². The highest BCUT2D eigenvalue weighted by atomic mass is 32.2. The Morgan fingerprint density at radius 3 is 2.72 bits per heavy atom. The van der Waals surface area contributed by atoms with E-state index >= 15 is 0 Å². The molecule has 0 atom stereocenters. The van der Waals surface area contributed by atoms with Crippen LogP contribution in [0.4, 0.5) is 0 Å². The molecule has 1 aromatic heterocycles. The molecule has 0 aliphatic heterocycles. The molecule has 5 nitrogen and oxygen atoms in total. The molecule has 0 bridgehead atoms. The summed E-state index contributed by atoms with van der Waals surface area (Å²) in [5.74, 6) is 1.13. The first kappa shape index (κ1) is 16.6. The van der Waals surface area contributed by atoms with Crippen LogP contribution in [-0.2, 0) is 0 Å². The van der Waals surface area contributed by atoms with Crippen LogP contribution in [-0.4, -0.2) is 26.7 Å². The summed E-state index contributed by atoms with van der Waals surface area (Å²) in [6.07, 6.45) is 6.84. The van der Waals surface area contributed by atoms with Gasteiger partial charge in [-0.2, -0.15) is 0 Å². The molecule has 100 valence electrons. The fourth-order valence-corrected chi connectivity index (χ4v) is 1.73. The Hall–Kier alpha value is -1.43. The quantitative estimate of drug-likeness (QED) is 0.498. The molecule has 0 aromatic carbocycles. The number of hydrogen-bond acceptors (Lipinski definition) is 4. The number of nitrogens with two attached hydrogens (primary N) is 1.